The van der Waals surface area contributed by atoms with Gasteiger partial charge in [0.1, 0.15) is 5.75 Å². The topological polar surface area (TPSA) is 38.3 Å². The summed E-state index contributed by atoms with van der Waals surface area (Å²) in [6, 6.07) is 7.72. The highest BCUT2D eigenvalue weighted by Crippen LogP contribution is 2.18. The van der Waals surface area contributed by atoms with Gasteiger partial charge in [-0.05, 0) is 31.9 Å². The van der Waals surface area contributed by atoms with E-state index < -0.39 is 6.10 Å². The Morgan fingerprint density at radius 3 is 2.62 bits per heavy atom. The van der Waals surface area contributed by atoms with Crippen LogP contribution in [0.1, 0.15) is 25.8 Å². The summed E-state index contributed by atoms with van der Waals surface area (Å²) < 4.78 is 5.70. The van der Waals surface area contributed by atoms with Gasteiger partial charge in [-0.15, -0.1) is 0 Å². The van der Waals surface area contributed by atoms with E-state index in [1.807, 2.05) is 45.0 Å². The van der Waals surface area contributed by atoms with E-state index >= 15 is 0 Å². The molecule has 0 aliphatic rings. The zero-order valence-corrected chi connectivity index (χ0v) is 10.1. The molecule has 0 spiro atoms. The second kappa shape index (κ2) is 6.16. The standard InChI is InChI=1S/C13H19NO2/c1-4-11(13(15)14-5-2)16-12-9-7-6-8-10(12)3/h6-9,11H,4-5H2,1-3H3,(H,14,15)/t11-/m1/s1. The Labute approximate surface area is 96.8 Å². The predicted molar refractivity (Wildman–Crippen MR) is 64.6 cm³/mol. The summed E-state index contributed by atoms with van der Waals surface area (Å²) in [7, 11) is 0. The number of hydrogen-bond donors (Lipinski definition) is 1. The van der Waals surface area contributed by atoms with Crippen molar-refractivity contribution >= 4 is 5.91 Å². The van der Waals surface area contributed by atoms with Crippen molar-refractivity contribution in [1.29, 1.82) is 0 Å². The molecule has 1 rings (SSSR count). The van der Waals surface area contributed by atoms with Gasteiger partial charge in [0.15, 0.2) is 6.10 Å². The quantitative estimate of drug-likeness (QED) is 0.828. The van der Waals surface area contributed by atoms with Crippen molar-refractivity contribution in [1.82, 2.24) is 5.32 Å². The molecule has 88 valence electrons. The van der Waals surface area contributed by atoms with E-state index in [2.05, 4.69) is 5.32 Å². The number of amides is 1. The first kappa shape index (κ1) is 12.6. The molecule has 1 atom stereocenters. The van der Waals surface area contributed by atoms with Crippen LogP contribution in [0.15, 0.2) is 24.3 Å². The maximum Gasteiger partial charge on any atom is 0.261 e. The number of nitrogens with one attached hydrogen (secondary N) is 1. The summed E-state index contributed by atoms with van der Waals surface area (Å²) in [5, 5.41) is 2.77. The number of rotatable bonds is 5. The summed E-state index contributed by atoms with van der Waals surface area (Å²) in [4.78, 5) is 11.7. The molecule has 3 nitrogen and oxygen atoms in total. The molecular formula is C13H19NO2. The monoisotopic (exact) mass is 221 g/mol. The SMILES string of the molecule is CCNC(=O)[C@@H](CC)Oc1ccccc1C. The number of carbonyl (C=O) groups is 1. The third-order valence-corrected chi connectivity index (χ3v) is 2.38. The average Bonchev–Trinajstić information content (AvgIpc) is 2.28. The molecule has 0 unspecified atom stereocenters. The largest absolute Gasteiger partial charge is 0.480 e. The third kappa shape index (κ3) is 3.26. The van der Waals surface area contributed by atoms with E-state index in [0.29, 0.717) is 13.0 Å². The highest BCUT2D eigenvalue weighted by Gasteiger charge is 2.17. The van der Waals surface area contributed by atoms with Crippen LogP contribution in [0.4, 0.5) is 0 Å². The lowest BCUT2D eigenvalue weighted by molar-refractivity contribution is -0.128. The molecule has 0 fully saturated rings. The first-order valence-corrected chi connectivity index (χ1v) is 5.69. The van der Waals surface area contributed by atoms with Gasteiger partial charge in [-0.1, -0.05) is 25.1 Å². The van der Waals surface area contributed by atoms with Crippen molar-refractivity contribution in [3.8, 4) is 5.75 Å². The van der Waals surface area contributed by atoms with Crippen LogP contribution in [0, 0.1) is 6.92 Å². The normalized spacial score (nSPS) is 11.9. The molecule has 3 heteroatoms. The van der Waals surface area contributed by atoms with Gasteiger partial charge < -0.3 is 10.1 Å². The van der Waals surface area contributed by atoms with Crippen molar-refractivity contribution in [3.63, 3.8) is 0 Å². The highest BCUT2D eigenvalue weighted by molar-refractivity contribution is 5.81. The molecule has 1 amide bonds. The molecule has 16 heavy (non-hydrogen) atoms. The predicted octanol–water partition coefficient (Wildman–Crippen LogP) is 2.29. The van der Waals surface area contributed by atoms with Crippen LogP contribution in [0.3, 0.4) is 0 Å². The number of ether oxygens (including phenoxy) is 1. The Kier molecular flexibility index (Phi) is 4.83. The summed E-state index contributed by atoms with van der Waals surface area (Å²) in [5.74, 6) is 0.730. The summed E-state index contributed by atoms with van der Waals surface area (Å²) in [6.07, 6.45) is 0.265. The third-order valence-electron chi connectivity index (χ3n) is 2.38. The highest BCUT2D eigenvalue weighted by atomic mass is 16.5. The van der Waals surface area contributed by atoms with Gasteiger partial charge in [0, 0.05) is 6.54 Å². The number of likely N-dealkylation sites (N-methyl/N-ethyl adjacent to an activating group) is 1. The molecule has 0 aromatic heterocycles. The van der Waals surface area contributed by atoms with Crippen molar-refractivity contribution in [2.45, 2.75) is 33.3 Å². The minimum Gasteiger partial charge on any atom is -0.480 e. The fourth-order valence-corrected chi connectivity index (χ4v) is 1.45. The van der Waals surface area contributed by atoms with E-state index in [9.17, 15) is 4.79 Å². The van der Waals surface area contributed by atoms with E-state index in [1.165, 1.54) is 0 Å². The van der Waals surface area contributed by atoms with Crippen molar-refractivity contribution in [3.05, 3.63) is 29.8 Å². The minimum absolute atomic E-state index is 0.0479. The lowest BCUT2D eigenvalue weighted by Gasteiger charge is -2.17. The second-order valence-corrected chi connectivity index (χ2v) is 3.67. The number of benzene rings is 1. The summed E-state index contributed by atoms with van der Waals surface area (Å²) >= 11 is 0. The molecule has 0 aliphatic heterocycles. The molecule has 0 aliphatic carbocycles. The van der Waals surface area contributed by atoms with Crippen LogP contribution in [-0.2, 0) is 4.79 Å². The van der Waals surface area contributed by atoms with Crippen molar-refractivity contribution in [2.24, 2.45) is 0 Å². The fourth-order valence-electron chi connectivity index (χ4n) is 1.45. The second-order valence-electron chi connectivity index (χ2n) is 3.67. The van der Waals surface area contributed by atoms with Crippen LogP contribution >= 0.6 is 0 Å². The minimum atomic E-state index is -0.402. The van der Waals surface area contributed by atoms with Gasteiger partial charge in [-0.3, -0.25) is 4.79 Å². The first-order valence-electron chi connectivity index (χ1n) is 5.69. The maximum atomic E-state index is 11.7. The molecule has 0 saturated carbocycles. The Bertz CT molecular complexity index is 350. The van der Waals surface area contributed by atoms with Crippen LogP contribution in [0.2, 0.25) is 0 Å². The van der Waals surface area contributed by atoms with E-state index in [0.717, 1.165) is 11.3 Å². The fraction of sp³-hybridized carbons (Fsp3) is 0.462. The van der Waals surface area contributed by atoms with Crippen molar-refractivity contribution < 1.29 is 9.53 Å². The van der Waals surface area contributed by atoms with Crippen LogP contribution in [0.5, 0.6) is 5.75 Å². The lowest BCUT2D eigenvalue weighted by Crippen LogP contribution is -2.37. The number of carbonyl (C=O) groups excluding carboxylic acids is 1. The zero-order chi connectivity index (χ0) is 12.0. The maximum absolute atomic E-state index is 11.7. The zero-order valence-electron chi connectivity index (χ0n) is 10.1. The molecule has 1 aromatic rings. The van der Waals surface area contributed by atoms with Gasteiger partial charge >= 0.3 is 0 Å². The molecule has 0 saturated heterocycles. The average molecular weight is 221 g/mol. The van der Waals surface area contributed by atoms with E-state index in [4.69, 9.17) is 4.74 Å². The molecule has 1 N–H and O–H groups in total. The summed E-state index contributed by atoms with van der Waals surface area (Å²) in [6.45, 7) is 6.45. The van der Waals surface area contributed by atoms with Crippen molar-refractivity contribution in [2.75, 3.05) is 6.54 Å². The number of aryl methyl sites for hydroxylation is 1. The Morgan fingerprint density at radius 1 is 1.38 bits per heavy atom. The van der Waals surface area contributed by atoms with Crippen LogP contribution < -0.4 is 10.1 Å². The van der Waals surface area contributed by atoms with Gasteiger partial charge in [0.05, 0.1) is 0 Å². The first-order chi connectivity index (χ1) is 7.69. The van der Waals surface area contributed by atoms with Crippen LogP contribution in [-0.4, -0.2) is 18.6 Å². The van der Waals surface area contributed by atoms with Gasteiger partial charge in [-0.25, -0.2) is 0 Å². The molecule has 0 heterocycles. The Balaban J connectivity index is 2.70. The lowest BCUT2D eigenvalue weighted by atomic mass is 10.2. The molecule has 1 aromatic carbocycles. The van der Waals surface area contributed by atoms with Gasteiger partial charge in [0.25, 0.3) is 5.91 Å². The molecular weight excluding hydrogens is 202 g/mol. The molecule has 0 radical (unpaired) electrons. The van der Waals surface area contributed by atoms with E-state index in [1.54, 1.807) is 0 Å². The number of para-hydroxylation sites is 1. The smallest absolute Gasteiger partial charge is 0.261 e. The van der Waals surface area contributed by atoms with E-state index in [-0.39, 0.29) is 5.91 Å². The van der Waals surface area contributed by atoms with Crippen LogP contribution in [0.25, 0.3) is 0 Å². The van der Waals surface area contributed by atoms with Gasteiger partial charge in [0.2, 0.25) is 0 Å². The Hall–Kier alpha value is -1.51. The Morgan fingerprint density at radius 2 is 2.06 bits per heavy atom. The molecule has 0 bridgehead atoms. The summed E-state index contributed by atoms with van der Waals surface area (Å²) in [5.41, 5.74) is 1.05. The number of hydrogen-bond acceptors (Lipinski definition) is 2. The van der Waals surface area contributed by atoms with Gasteiger partial charge in [-0.2, -0.15) is 0 Å².